The zero-order chi connectivity index (χ0) is 11.1. The van der Waals surface area contributed by atoms with E-state index in [0.29, 0.717) is 13.1 Å². The van der Waals surface area contributed by atoms with Gasteiger partial charge in [-0.2, -0.15) is 0 Å². The Balaban J connectivity index is 2.33. The number of hydrogen-bond acceptors (Lipinski definition) is 3. The minimum atomic E-state index is 0.00949. The summed E-state index contributed by atoms with van der Waals surface area (Å²) in [6.45, 7) is 5.50. The standard InChI is InChI=1S/C11H20N2O2/c1-2-6-12-11(15)8-13-7-4-3-5-10(13)9-14/h2,10,14H,1,3-9H2,(H,12,15). The predicted octanol–water partition coefficient (Wildman–Crippen LogP) is 0.135. The van der Waals surface area contributed by atoms with Crippen molar-refractivity contribution in [3.05, 3.63) is 12.7 Å². The normalized spacial score (nSPS) is 22.3. The number of aliphatic hydroxyl groups excluding tert-OH is 1. The summed E-state index contributed by atoms with van der Waals surface area (Å²) >= 11 is 0. The lowest BCUT2D eigenvalue weighted by molar-refractivity contribution is -0.123. The van der Waals surface area contributed by atoms with Gasteiger partial charge in [-0.3, -0.25) is 9.69 Å². The topological polar surface area (TPSA) is 52.6 Å². The largest absolute Gasteiger partial charge is 0.395 e. The Morgan fingerprint density at radius 3 is 3.07 bits per heavy atom. The van der Waals surface area contributed by atoms with E-state index in [1.165, 1.54) is 0 Å². The molecule has 1 heterocycles. The predicted molar refractivity (Wildman–Crippen MR) is 59.5 cm³/mol. The molecule has 1 aliphatic rings. The Morgan fingerprint density at radius 1 is 1.60 bits per heavy atom. The molecule has 4 nitrogen and oxygen atoms in total. The summed E-state index contributed by atoms with van der Waals surface area (Å²) in [6, 6.07) is 0.160. The van der Waals surface area contributed by atoms with Crippen LogP contribution < -0.4 is 5.32 Å². The molecule has 4 heteroatoms. The van der Waals surface area contributed by atoms with Crippen molar-refractivity contribution in [2.24, 2.45) is 0 Å². The molecule has 0 radical (unpaired) electrons. The molecule has 0 spiro atoms. The van der Waals surface area contributed by atoms with Crippen molar-refractivity contribution in [2.75, 3.05) is 26.2 Å². The van der Waals surface area contributed by atoms with Gasteiger partial charge in [-0.05, 0) is 19.4 Å². The summed E-state index contributed by atoms with van der Waals surface area (Å²) in [6.07, 6.45) is 4.92. The van der Waals surface area contributed by atoms with E-state index in [1.54, 1.807) is 6.08 Å². The minimum absolute atomic E-state index is 0.00949. The maximum Gasteiger partial charge on any atom is 0.234 e. The summed E-state index contributed by atoms with van der Waals surface area (Å²) in [7, 11) is 0. The summed E-state index contributed by atoms with van der Waals surface area (Å²) in [5.41, 5.74) is 0. The van der Waals surface area contributed by atoms with Gasteiger partial charge in [-0.25, -0.2) is 0 Å². The lowest BCUT2D eigenvalue weighted by Gasteiger charge is -2.33. The second kappa shape index (κ2) is 6.58. The number of piperidine rings is 1. The molecule has 1 atom stereocenters. The van der Waals surface area contributed by atoms with Crippen LogP contribution in [-0.4, -0.2) is 48.2 Å². The highest BCUT2D eigenvalue weighted by molar-refractivity contribution is 5.78. The van der Waals surface area contributed by atoms with Crippen LogP contribution in [0.25, 0.3) is 0 Å². The van der Waals surface area contributed by atoms with Gasteiger partial charge < -0.3 is 10.4 Å². The third-order valence-corrected chi connectivity index (χ3v) is 2.75. The Bertz CT molecular complexity index is 219. The average molecular weight is 212 g/mol. The first kappa shape index (κ1) is 12.2. The molecule has 2 N–H and O–H groups in total. The first-order valence-electron chi connectivity index (χ1n) is 5.50. The van der Waals surface area contributed by atoms with Crippen molar-refractivity contribution in [1.82, 2.24) is 10.2 Å². The van der Waals surface area contributed by atoms with Gasteiger partial charge in [0.15, 0.2) is 0 Å². The van der Waals surface area contributed by atoms with Crippen molar-refractivity contribution in [1.29, 1.82) is 0 Å². The van der Waals surface area contributed by atoms with Crippen molar-refractivity contribution in [3.8, 4) is 0 Å². The first-order chi connectivity index (χ1) is 7.27. The number of likely N-dealkylation sites (tertiary alicyclic amines) is 1. The van der Waals surface area contributed by atoms with E-state index >= 15 is 0 Å². The van der Waals surface area contributed by atoms with Crippen molar-refractivity contribution in [2.45, 2.75) is 25.3 Å². The van der Waals surface area contributed by atoms with Gasteiger partial charge in [-0.15, -0.1) is 6.58 Å². The maximum absolute atomic E-state index is 11.4. The second-order valence-corrected chi connectivity index (χ2v) is 3.90. The van der Waals surface area contributed by atoms with E-state index in [2.05, 4.69) is 16.8 Å². The van der Waals surface area contributed by atoms with Crippen LogP contribution in [0.4, 0.5) is 0 Å². The van der Waals surface area contributed by atoms with Crippen LogP contribution in [0.1, 0.15) is 19.3 Å². The molecule has 0 aromatic carbocycles. The number of rotatable bonds is 5. The van der Waals surface area contributed by atoms with Crippen molar-refractivity contribution in [3.63, 3.8) is 0 Å². The molecule has 0 saturated carbocycles. The molecule has 1 fully saturated rings. The third-order valence-electron chi connectivity index (χ3n) is 2.75. The quantitative estimate of drug-likeness (QED) is 0.637. The molecule has 1 unspecified atom stereocenters. The molecule has 15 heavy (non-hydrogen) atoms. The number of amides is 1. The monoisotopic (exact) mass is 212 g/mol. The van der Waals surface area contributed by atoms with Crippen LogP contribution in [0.15, 0.2) is 12.7 Å². The number of carbonyl (C=O) groups is 1. The average Bonchev–Trinajstić information content (AvgIpc) is 2.27. The van der Waals surface area contributed by atoms with Crippen LogP contribution in [0.5, 0.6) is 0 Å². The molecular formula is C11H20N2O2. The smallest absolute Gasteiger partial charge is 0.234 e. The lowest BCUT2D eigenvalue weighted by Crippen LogP contribution is -2.47. The zero-order valence-corrected chi connectivity index (χ0v) is 9.11. The molecule has 1 amide bonds. The highest BCUT2D eigenvalue weighted by Gasteiger charge is 2.22. The first-order valence-corrected chi connectivity index (χ1v) is 5.50. The fourth-order valence-corrected chi connectivity index (χ4v) is 1.90. The lowest BCUT2D eigenvalue weighted by atomic mass is 10.0. The van der Waals surface area contributed by atoms with Gasteiger partial charge in [0, 0.05) is 12.6 Å². The molecule has 0 aromatic heterocycles. The Morgan fingerprint density at radius 2 is 2.40 bits per heavy atom. The van der Waals surface area contributed by atoms with E-state index in [-0.39, 0.29) is 18.6 Å². The summed E-state index contributed by atoms with van der Waals surface area (Å²) in [5, 5.41) is 11.9. The fourth-order valence-electron chi connectivity index (χ4n) is 1.90. The SMILES string of the molecule is C=CCNC(=O)CN1CCCCC1CO. The van der Waals surface area contributed by atoms with Gasteiger partial charge in [0.25, 0.3) is 0 Å². The van der Waals surface area contributed by atoms with Crippen molar-refractivity contribution < 1.29 is 9.90 Å². The van der Waals surface area contributed by atoms with Gasteiger partial charge in [0.05, 0.1) is 13.2 Å². The fraction of sp³-hybridized carbons (Fsp3) is 0.727. The van der Waals surface area contributed by atoms with Crippen LogP contribution in [0, 0.1) is 0 Å². The summed E-state index contributed by atoms with van der Waals surface area (Å²) in [4.78, 5) is 13.5. The second-order valence-electron chi connectivity index (χ2n) is 3.90. The van der Waals surface area contributed by atoms with E-state index in [9.17, 15) is 4.79 Å². The Hall–Kier alpha value is -0.870. The van der Waals surface area contributed by atoms with Crippen molar-refractivity contribution >= 4 is 5.91 Å². The van der Waals surface area contributed by atoms with Crippen LogP contribution in [-0.2, 0) is 4.79 Å². The van der Waals surface area contributed by atoms with Crippen LogP contribution >= 0.6 is 0 Å². The molecule has 0 aromatic rings. The molecule has 86 valence electrons. The van der Waals surface area contributed by atoms with E-state index < -0.39 is 0 Å². The number of carbonyl (C=O) groups excluding carboxylic acids is 1. The Kier molecular flexibility index (Phi) is 5.36. The highest BCUT2D eigenvalue weighted by atomic mass is 16.3. The molecular weight excluding hydrogens is 192 g/mol. The van der Waals surface area contributed by atoms with E-state index in [0.717, 1.165) is 25.8 Å². The number of nitrogens with one attached hydrogen (secondary N) is 1. The third kappa shape index (κ3) is 4.01. The molecule has 1 aliphatic heterocycles. The molecule has 0 bridgehead atoms. The van der Waals surface area contributed by atoms with Crippen LogP contribution in [0.2, 0.25) is 0 Å². The number of nitrogens with zero attached hydrogens (tertiary/aromatic N) is 1. The highest BCUT2D eigenvalue weighted by Crippen LogP contribution is 2.15. The molecule has 1 saturated heterocycles. The molecule has 1 rings (SSSR count). The maximum atomic E-state index is 11.4. The van der Waals surface area contributed by atoms with Crippen LogP contribution in [0.3, 0.4) is 0 Å². The minimum Gasteiger partial charge on any atom is -0.395 e. The van der Waals surface area contributed by atoms with Gasteiger partial charge in [0.2, 0.25) is 5.91 Å². The zero-order valence-electron chi connectivity index (χ0n) is 9.11. The van der Waals surface area contributed by atoms with E-state index in [4.69, 9.17) is 5.11 Å². The van der Waals surface area contributed by atoms with Gasteiger partial charge in [-0.1, -0.05) is 12.5 Å². The van der Waals surface area contributed by atoms with Gasteiger partial charge in [0.1, 0.15) is 0 Å². The number of aliphatic hydroxyl groups is 1. The van der Waals surface area contributed by atoms with Gasteiger partial charge >= 0.3 is 0 Å². The summed E-state index contributed by atoms with van der Waals surface area (Å²) in [5.74, 6) is 0.00949. The summed E-state index contributed by atoms with van der Waals surface area (Å²) < 4.78 is 0. The van der Waals surface area contributed by atoms with E-state index in [1.807, 2.05) is 0 Å². The Labute approximate surface area is 91.0 Å². The number of hydrogen-bond donors (Lipinski definition) is 2. The molecule has 0 aliphatic carbocycles.